The van der Waals surface area contributed by atoms with E-state index < -0.39 is 0 Å². The van der Waals surface area contributed by atoms with E-state index in [1.807, 2.05) is 24.3 Å². The maximum Gasteiger partial charge on any atom is 0.133 e. The molecule has 1 aromatic heterocycles. The molecule has 0 spiro atoms. The number of aromatic hydroxyl groups is 1. The van der Waals surface area contributed by atoms with E-state index in [1.165, 1.54) is 6.20 Å². The van der Waals surface area contributed by atoms with Crippen LogP contribution in [0, 0.1) is 0 Å². The summed E-state index contributed by atoms with van der Waals surface area (Å²) in [5, 5.41) is 9.14. The molecule has 1 aromatic carbocycles. The van der Waals surface area contributed by atoms with E-state index in [-0.39, 0.29) is 5.75 Å². The third-order valence-electron chi connectivity index (χ3n) is 2.31. The molecule has 0 bridgehead atoms. The molecule has 0 aliphatic rings. The zero-order valence-electron chi connectivity index (χ0n) is 9.05. The van der Waals surface area contributed by atoms with E-state index in [9.17, 15) is 0 Å². The SMILES string of the molecule is COCc1ccc(-c2ccc(O)cn2)cc1. The number of methoxy groups -OCH3 is 1. The van der Waals surface area contributed by atoms with Crippen LogP contribution in [0.5, 0.6) is 5.75 Å². The molecule has 0 radical (unpaired) electrons. The van der Waals surface area contributed by atoms with Gasteiger partial charge in [0.25, 0.3) is 0 Å². The molecule has 1 N–H and O–H groups in total. The number of aromatic nitrogens is 1. The standard InChI is InChI=1S/C13H13NO2/c1-16-9-10-2-4-11(5-3-10)13-7-6-12(15)8-14-13/h2-8,15H,9H2,1H3. The first-order valence-corrected chi connectivity index (χ1v) is 5.03. The highest BCUT2D eigenvalue weighted by Gasteiger charge is 1.99. The molecule has 1 heterocycles. The molecule has 0 aliphatic heterocycles. The first-order valence-electron chi connectivity index (χ1n) is 5.03. The zero-order chi connectivity index (χ0) is 11.4. The Hall–Kier alpha value is -1.87. The largest absolute Gasteiger partial charge is 0.506 e. The van der Waals surface area contributed by atoms with Crippen molar-refractivity contribution in [1.82, 2.24) is 4.98 Å². The van der Waals surface area contributed by atoms with Crippen molar-refractivity contribution in [3.63, 3.8) is 0 Å². The van der Waals surface area contributed by atoms with E-state index in [4.69, 9.17) is 9.84 Å². The average Bonchev–Trinajstić information content (AvgIpc) is 2.32. The van der Waals surface area contributed by atoms with Gasteiger partial charge in [-0.05, 0) is 17.7 Å². The Bertz CT molecular complexity index is 448. The Morgan fingerprint density at radius 2 is 1.88 bits per heavy atom. The van der Waals surface area contributed by atoms with Gasteiger partial charge in [0.2, 0.25) is 0 Å². The highest BCUT2D eigenvalue weighted by atomic mass is 16.5. The summed E-state index contributed by atoms with van der Waals surface area (Å²) in [6, 6.07) is 11.4. The molecule has 3 heteroatoms. The van der Waals surface area contributed by atoms with E-state index >= 15 is 0 Å². The molecular weight excluding hydrogens is 202 g/mol. The van der Waals surface area contributed by atoms with Crippen LogP contribution in [0.2, 0.25) is 0 Å². The Kier molecular flexibility index (Phi) is 3.17. The molecule has 2 rings (SSSR count). The summed E-state index contributed by atoms with van der Waals surface area (Å²) in [5.74, 6) is 0.180. The number of pyridine rings is 1. The molecule has 0 saturated heterocycles. The number of hydrogen-bond acceptors (Lipinski definition) is 3. The molecular formula is C13H13NO2. The van der Waals surface area contributed by atoms with E-state index in [0.29, 0.717) is 6.61 Å². The minimum atomic E-state index is 0.180. The van der Waals surface area contributed by atoms with Crippen LogP contribution in [0.3, 0.4) is 0 Å². The van der Waals surface area contributed by atoms with Crippen molar-refractivity contribution >= 4 is 0 Å². The fourth-order valence-electron chi connectivity index (χ4n) is 1.50. The van der Waals surface area contributed by atoms with E-state index in [0.717, 1.165) is 16.8 Å². The highest BCUT2D eigenvalue weighted by molar-refractivity contribution is 5.59. The molecule has 0 amide bonds. The van der Waals surface area contributed by atoms with Crippen LogP contribution < -0.4 is 0 Å². The van der Waals surface area contributed by atoms with Crippen molar-refractivity contribution in [3.8, 4) is 17.0 Å². The Labute approximate surface area is 94.3 Å². The fourth-order valence-corrected chi connectivity index (χ4v) is 1.50. The number of rotatable bonds is 3. The summed E-state index contributed by atoms with van der Waals surface area (Å²) in [6.45, 7) is 0.614. The predicted octanol–water partition coefficient (Wildman–Crippen LogP) is 2.60. The third-order valence-corrected chi connectivity index (χ3v) is 2.31. The van der Waals surface area contributed by atoms with Gasteiger partial charge in [0.1, 0.15) is 5.75 Å². The van der Waals surface area contributed by atoms with Gasteiger partial charge >= 0.3 is 0 Å². The van der Waals surface area contributed by atoms with Crippen molar-refractivity contribution in [1.29, 1.82) is 0 Å². The summed E-state index contributed by atoms with van der Waals surface area (Å²) >= 11 is 0. The van der Waals surface area contributed by atoms with Crippen molar-refractivity contribution < 1.29 is 9.84 Å². The number of ether oxygens (including phenoxy) is 1. The average molecular weight is 215 g/mol. The Morgan fingerprint density at radius 1 is 1.12 bits per heavy atom. The molecule has 3 nitrogen and oxygen atoms in total. The Balaban J connectivity index is 2.24. The number of nitrogens with zero attached hydrogens (tertiary/aromatic N) is 1. The second kappa shape index (κ2) is 4.77. The lowest BCUT2D eigenvalue weighted by molar-refractivity contribution is 0.185. The summed E-state index contributed by atoms with van der Waals surface area (Å²) in [4.78, 5) is 4.14. The fraction of sp³-hybridized carbons (Fsp3) is 0.154. The molecule has 0 atom stereocenters. The Morgan fingerprint density at radius 3 is 2.44 bits per heavy atom. The molecule has 0 fully saturated rings. The summed E-state index contributed by atoms with van der Waals surface area (Å²) in [6.07, 6.45) is 1.44. The number of benzene rings is 1. The van der Waals surface area contributed by atoms with Crippen LogP contribution in [0.25, 0.3) is 11.3 Å². The molecule has 0 unspecified atom stereocenters. The number of hydrogen-bond donors (Lipinski definition) is 1. The molecule has 82 valence electrons. The topological polar surface area (TPSA) is 42.4 Å². The normalized spacial score (nSPS) is 10.3. The summed E-state index contributed by atoms with van der Waals surface area (Å²) < 4.78 is 5.04. The van der Waals surface area contributed by atoms with Gasteiger partial charge in [-0.1, -0.05) is 24.3 Å². The van der Waals surface area contributed by atoms with Crippen molar-refractivity contribution in [2.45, 2.75) is 6.61 Å². The molecule has 16 heavy (non-hydrogen) atoms. The van der Waals surface area contributed by atoms with Crippen molar-refractivity contribution in [3.05, 3.63) is 48.2 Å². The van der Waals surface area contributed by atoms with Crippen molar-refractivity contribution in [2.75, 3.05) is 7.11 Å². The maximum atomic E-state index is 9.14. The minimum absolute atomic E-state index is 0.180. The molecule has 0 aliphatic carbocycles. The first kappa shape index (κ1) is 10.6. The quantitative estimate of drug-likeness (QED) is 0.855. The van der Waals surface area contributed by atoms with Crippen molar-refractivity contribution in [2.24, 2.45) is 0 Å². The lowest BCUT2D eigenvalue weighted by atomic mass is 10.1. The van der Waals surface area contributed by atoms with Gasteiger partial charge < -0.3 is 9.84 Å². The lowest BCUT2D eigenvalue weighted by Gasteiger charge is -2.03. The van der Waals surface area contributed by atoms with Crippen LogP contribution in [0.15, 0.2) is 42.6 Å². The summed E-state index contributed by atoms with van der Waals surface area (Å²) in [7, 11) is 1.68. The van der Waals surface area contributed by atoms with Gasteiger partial charge in [-0.3, -0.25) is 4.98 Å². The molecule has 2 aromatic rings. The first-order chi connectivity index (χ1) is 7.79. The van der Waals surface area contributed by atoms with Crippen LogP contribution in [0.1, 0.15) is 5.56 Å². The summed E-state index contributed by atoms with van der Waals surface area (Å²) in [5.41, 5.74) is 3.01. The highest BCUT2D eigenvalue weighted by Crippen LogP contribution is 2.19. The monoisotopic (exact) mass is 215 g/mol. The van der Waals surface area contributed by atoms with Crippen LogP contribution >= 0.6 is 0 Å². The van der Waals surface area contributed by atoms with Gasteiger partial charge in [0, 0.05) is 12.7 Å². The second-order valence-electron chi connectivity index (χ2n) is 3.53. The zero-order valence-corrected chi connectivity index (χ0v) is 9.05. The van der Waals surface area contributed by atoms with Crippen LogP contribution in [-0.4, -0.2) is 17.2 Å². The van der Waals surface area contributed by atoms with Gasteiger partial charge in [0.05, 0.1) is 18.5 Å². The second-order valence-corrected chi connectivity index (χ2v) is 3.53. The van der Waals surface area contributed by atoms with E-state index in [2.05, 4.69) is 4.98 Å². The predicted molar refractivity (Wildman–Crippen MR) is 62.1 cm³/mol. The lowest BCUT2D eigenvalue weighted by Crippen LogP contribution is -1.87. The van der Waals surface area contributed by atoms with Gasteiger partial charge in [0.15, 0.2) is 0 Å². The van der Waals surface area contributed by atoms with Gasteiger partial charge in [-0.25, -0.2) is 0 Å². The smallest absolute Gasteiger partial charge is 0.133 e. The molecule has 0 saturated carbocycles. The van der Waals surface area contributed by atoms with Gasteiger partial charge in [-0.2, -0.15) is 0 Å². The van der Waals surface area contributed by atoms with Crippen LogP contribution in [0.4, 0.5) is 0 Å². The minimum Gasteiger partial charge on any atom is -0.506 e. The van der Waals surface area contributed by atoms with Crippen LogP contribution in [-0.2, 0) is 11.3 Å². The third kappa shape index (κ3) is 2.38. The maximum absolute atomic E-state index is 9.14. The van der Waals surface area contributed by atoms with Gasteiger partial charge in [-0.15, -0.1) is 0 Å². The van der Waals surface area contributed by atoms with E-state index in [1.54, 1.807) is 19.2 Å².